The molecule has 2 heterocycles. The van der Waals surface area contributed by atoms with Gasteiger partial charge in [0.25, 0.3) is 0 Å². The van der Waals surface area contributed by atoms with Crippen LogP contribution in [0.15, 0.2) is 49.1 Å². The maximum absolute atomic E-state index is 4.43. The Kier molecular flexibility index (Phi) is 3.97. The van der Waals surface area contributed by atoms with Crippen LogP contribution in [0, 0.1) is 6.92 Å². The SMILES string of the molecule is CCCNC(c1ccc(C)cc1)c1cnn2ccncc12. The molecule has 1 unspecified atom stereocenters. The number of fused-ring (bicyclic) bond motifs is 1. The molecule has 4 heteroatoms. The Morgan fingerprint density at radius 3 is 2.76 bits per heavy atom. The minimum atomic E-state index is 0.146. The third kappa shape index (κ3) is 2.81. The quantitative estimate of drug-likeness (QED) is 0.780. The number of aryl methyl sites for hydroxylation is 1. The fourth-order valence-corrected chi connectivity index (χ4v) is 2.53. The van der Waals surface area contributed by atoms with Gasteiger partial charge < -0.3 is 5.32 Å². The number of aromatic nitrogens is 3. The second kappa shape index (κ2) is 6.06. The average Bonchev–Trinajstić information content (AvgIpc) is 2.93. The maximum atomic E-state index is 4.43. The lowest BCUT2D eigenvalue weighted by Crippen LogP contribution is -2.23. The van der Waals surface area contributed by atoms with Crippen LogP contribution in [0.25, 0.3) is 5.52 Å². The Balaban J connectivity index is 2.04. The molecule has 3 rings (SSSR count). The van der Waals surface area contributed by atoms with Crippen molar-refractivity contribution in [2.45, 2.75) is 26.3 Å². The van der Waals surface area contributed by atoms with Gasteiger partial charge >= 0.3 is 0 Å². The van der Waals surface area contributed by atoms with Crippen molar-refractivity contribution in [2.75, 3.05) is 6.54 Å². The van der Waals surface area contributed by atoms with Crippen LogP contribution in [-0.2, 0) is 0 Å². The molecule has 21 heavy (non-hydrogen) atoms. The van der Waals surface area contributed by atoms with E-state index in [9.17, 15) is 0 Å². The molecule has 4 nitrogen and oxygen atoms in total. The van der Waals surface area contributed by atoms with Crippen molar-refractivity contribution in [3.63, 3.8) is 0 Å². The summed E-state index contributed by atoms with van der Waals surface area (Å²) in [5, 5.41) is 8.05. The van der Waals surface area contributed by atoms with Gasteiger partial charge in [-0.15, -0.1) is 0 Å². The standard InChI is InChI=1S/C17H20N4/c1-3-8-19-17(14-6-4-13(2)5-7-14)15-11-20-21-10-9-18-12-16(15)21/h4-7,9-12,17,19H,3,8H2,1-2H3. The van der Waals surface area contributed by atoms with E-state index in [-0.39, 0.29) is 6.04 Å². The van der Waals surface area contributed by atoms with Crippen LogP contribution in [0.5, 0.6) is 0 Å². The summed E-state index contributed by atoms with van der Waals surface area (Å²) in [4.78, 5) is 4.23. The lowest BCUT2D eigenvalue weighted by atomic mass is 9.99. The van der Waals surface area contributed by atoms with E-state index in [0.29, 0.717) is 0 Å². The molecule has 0 bridgehead atoms. The topological polar surface area (TPSA) is 42.2 Å². The van der Waals surface area contributed by atoms with E-state index in [4.69, 9.17) is 0 Å². The van der Waals surface area contributed by atoms with Crippen molar-refractivity contribution in [2.24, 2.45) is 0 Å². The number of hydrogen-bond acceptors (Lipinski definition) is 3. The second-order valence-electron chi connectivity index (χ2n) is 5.30. The van der Waals surface area contributed by atoms with E-state index in [1.165, 1.54) is 16.7 Å². The first-order valence-electron chi connectivity index (χ1n) is 7.37. The van der Waals surface area contributed by atoms with Crippen molar-refractivity contribution >= 4 is 5.52 Å². The summed E-state index contributed by atoms with van der Waals surface area (Å²) in [5.74, 6) is 0. The molecule has 0 radical (unpaired) electrons. The summed E-state index contributed by atoms with van der Waals surface area (Å²) in [6.07, 6.45) is 8.54. The van der Waals surface area contributed by atoms with Crippen molar-refractivity contribution in [1.82, 2.24) is 19.9 Å². The lowest BCUT2D eigenvalue weighted by molar-refractivity contribution is 0.601. The summed E-state index contributed by atoms with van der Waals surface area (Å²) in [7, 11) is 0. The van der Waals surface area contributed by atoms with E-state index >= 15 is 0 Å². The summed E-state index contributed by atoms with van der Waals surface area (Å²) in [6, 6.07) is 8.82. The lowest BCUT2D eigenvalue weighted by Gasteiger charge is -2.18. The Morgan fingerprint density at radius 2 is 2.00 bits per heavy atom. The first-order valence-corrected chi connectivity index (χ1v) is 7.37. The first-order chi connectivity index (χ1) is 10.3. The highest BCUT2D eigenvalue weighted by molar-refractivity contribution is 5.55. The van der Waals surface area contributed by atoms with Crippen LogP contribution < -0.4 is 5.32 Å². The Hall–Kier alpha value is -2.20. The van der Waals surface area contributed by atoms with Gasteiger partial charge in [0, 0.05) is 18.0 Å². The van der Waals surface area contributed by atoms with E-state index in [1.807, 2.05) is 23.1 Å². The Morgan fingerprint density at radius 1 is 1.19 bits per heavy atom. The van der Waals surface area contributed by atoms with E-state index in [1.54, 1.807) is 6.20 Å². The minimum Gasteiger partial charge on any atom is -0.306 e. The molecule has 1 aromatic carbocycles. The molecule has 1 N–H and O–H groups in total. The highest BCUT2D eigenvalue weighted by Crippen LogP contribution is 2.25. The first kappa shape index (κ1) is 13.8. The number of nitrogens with zero attached hydrogens (tertiary/aromatic N) is 3. The number of nitrogens with one attached hydrogen (secondary N) is 1. The Bertz CT molecular complexity index is 715. The third-order valence-corrected chi connectivity index (χ3v) is 3.67. The number of rotatable bonds is 5. The van der Waals surface area contributed by atoms with Gasteiger partial charge in [0.15, 0.2) is 0 Å². The van der Waals surface area contributed by atoms with Gasteiger partial charge in [-0.25, -0.2) is 4.52 Å². The van der Waals surface area contributed by atoms with E-state index < -0.39 is 0 Å². The van der Waals surface area contributed by atoms with E-state index in [0.717, 1.165) is 18.5 Å². The molecule has 0 saturated heterocycles. The summed E-state index contributed by atoms with van der Waals surface area (Å²) >= 11 is 0. The van der Waals surface area contributed by atoms with Gasteiger partial charge in [0.2, 0.25) is 0 Å². The van der Waals surface area contributed by atoms with Gasteiger partial charge in [-0.2, -0.15) is 5.10 Å². The molecular formula is C17H20N4. The monoisotopic (exact) mass is 280 g/mol. The van der Waals surface area contributed by atoms with Crippen molar-refractivity contribution in [1.29, 1.82) is 0 Å². The molecule has 0 saturated carbocycles. The van der Waals surface area contributed by atoms with Gasteiger partial charge in [-0.05, 0) is 25.5 Å². The largest absolute Gasteiger partial charge is 0.306 e. The molecule has 108 valence electrons. The summed E-state index contributed by atoms with van der Waals surface area (Å²) < 4.78 is 1.87. The van der Waals surface area contributed by atoms with Gasteiger partial charge in [0.1, 0.15) is 0 Å². The zero-order valence-corrected chi connectivity index (χ0v) is 12.5. The van der Waals surface area contributed by atoms with Crippen LogP contribution in [-0.4, -0.2) is 21.1 Å². The molecular weight excluding hydrogens is 260 g/mol. The summed E-state index contributed by atoms with van der Waals surface area (Å²) in [5.41, 5.74) is 4.74. The van der Waals surface area contributed by atoms with E-state index in [2.05, 4.69) is 53.5 Å². The molecule has 0 spiro atoms. The maximum Gasteiger partial charge on any atom is 0.0896 e. The molecule has 0 amide bonds. The molecule has 0 aliphatic carbocycles. The average molecular weight is 280 g/mol. The molecule has 0 aliphatic heterocycles. The van der Waals surface area contributed by atoms with Gasteiger partial charge in [-0.3, -0.25) is 4.98 Å². The highest BCUT2D eigenvalue weighted by Gasteiger charge is 2.17. The highest BCUT2D eigenvalue weighted by atomic mass is 15.2. The Labute approximate surface area is 124 Å². The number of benzene rings is 1. The third-order valence-electron chi connectivity index (χ3n) is 3.67. The smallest absolute Gasteiger partial charge is 0.0896 e. The fraction of sp³-hybridized carbons (Fsp3) is 0.294. The normalized spacial score (nSPS) is 12.7. The van der Waals surface area contributed by atoms with Crippen LogP contribution in [0.1, 0.15) is 36.1 Å². The summed E-state index contributed by atoms with van der Waals surface area (Å²) in [6.45, 7) is 5.25. The second-order valence-corrected chi connectivity index (χ2v) is 5.30. The minimum absolute atomic E-state index is 0.146. The number of hydrogen-bond donors (Lipinski definition) is 1. The van der Waals surface area contributed by atoms with Gasteiger partial charge in [-0.1, -0.05) is 36.8 Å². The zero-order chi connectivity index (χ0) is 14.7. The predicted molar refractivity (Wildman–Crippen MR) is 84.3 cm³/mol. The van der Waals surface area contributed by atoms with Crippen molar-refractivity contribution < 1.29 is 0 Å². The van der Waals surface area contributed by atoms with Crippen LogP contribution >= 0.6 is 0 Å². The van der Waals surface area contributed by atoms with Crippen LogP contribution in [0.4, 0.5) is 0 Å². The van der Waals surface area contributed by atoms with Crippen LogP contribution in [0.2, 0.25) is 0 Å². The zero-order valence-electron chi connectivity index (χ0n) is 12.5. The van der Waals surface area contributed by atoms with Crippen molar-refractivity contribution in [3.8, 4) is 0 Å². The van der Waals surface area contributed by atoms with Crippen LogP contribution in [0.3, 0.4) is 0 Å². The van der Waals surface area contributed by atoms with Crippen molar-refractivity contribution in [3.05, 3.63) is 65.7 Å². The predicted octanol–water partition coefficient (Wildman–Crippen LogP) is 3.13. The molecule has 3 aromatic rings. The molecule has 2 aromatic heterocycles. The fourth-order valence-electron chi connectivity index (χ4n) is 2.53. The molecule has 1 atom stereocenters. The van der Waals surface area contributed by atoms with Gasteiger partial charge in [0.05, 0.1) is 24.0 Å². The molecule has 0 fully saturated rings. The molecule has 0 aliphatic rings.